The molecule has 0 radical (unpaired) electrons. The van der Waals surface area contributed by atoms with Crippen molar-refractivity contribution >= 4 is 5.97 Å². The molecule has 2 rings (SSSR count). The van der Waals surface area contributed by atoms with E-state index in [1.807, 2.05) is 25.2 Å². The van der Waals surface area contributed by atoms with Crippen LogP contribution in [0, 0.1) is 5.92 Å². The SMILES string of the molecule is CC(CN(C)CC1CCOc2ccccc21)C(=O)O. The van der Waals surface area contributed by atoms with Crippen molar-refractivity contribution in [1.29, 1.82) is 0 Å². The molecule has 2 atom stereocenters. The summed E-state index contributed by atoms with van der Waals surface area (Å²) in [5.41, 5.74) is 1.24. The van der Waals surface area contributed by atoms with Gasteiger partial charge in [0.2, 0.25) is 0 Å². The molecule has 0 fully saturated rings. The second kappa shape index (κ2) is 6.06. The molecule has 0 amide bonds. The van der Waals surface area contributed by atoms with Crippen molar-refractivity contribution in [2.45, 2.75) is 19.3 Å². The maximum atomic E-state index is 10.9. The molecule has 104 valence electrons. The van der Waals surface area contributed by atoms with E-state index in [1.165, 1.54) is 5.56 Å². The summed E-state index contributed by atoms with van der Waals surface area (Å²) in [6, 6.07) is 8.12. The highest BCUT2D eigenvalue weighted by molar-refractivity contribution is 5.69. The monoisotopic (exact) mass is 263 g/mol. The molecule has 1 N–H and O–H groups in total. The molecule has 19 heavy (non-hydrogen) atoms. The zero-order valence-corrected chi connectivity index (χ0v) is 11.5. The number of ether oxygens (including phenoxy) is 1. The average Bonchev–Trinajstić information content (AvgIpc) is 2.39. The number of para-hydroxylation sites is 1. The lowest BCUT2D eigenvalue weighted by Crippen LogP contribution is -2.33. The van der Waals surface area contributed by atoms with Crippen molar-refractivity contribution in [1.82, 2.24) is 4.90 Å². The highest BCUT2D eigenvalue weighted by Gasteiger charge is 2.23. The number of nitrogens with zero attached hydrogens (tertiary/aromatic N) is 1. The van der Waals surface area contributed by atoms with Crippen LogP contribution in [0.3, 0.4) is 0 Å². The van der Waals surface area contributed by atoms with Gasteiger partial charge in [-0.15, -0.1) is 0 Å². The first-order chi connectivity index (χ1) is 9.08. The van der Waals surface area contributed by atoms with Gasteiger partial charge < -0.3 is 14.7 Å². The Balaban J connectivity index is 1.98. The summed E-state index contributed by atoms with van der Waals surface area (Å²) in [5.74, 6) is 0.327. The van der Waals surface area contributed by atoms with Crippen molar-refractivity contribution in [3.63, 3.8) is 0 Å². The summed E-state index contributed by atoms with van der Waals surface area (Å²) >= 11 is 0. The molecule has 0 aromatic heterocycles. The Morgan fingerprint density at radius 1 is 1.53 bits per heavy atom. The van der Waals surface area contributed by atoms with Crippen LogP contribution in [0.1, 0.15) is 24.8 Å². The molecule has 1 aliphatic heterocycles. The number of carboxylic acids is 1. The predicted octanol–water partition coefficient (Wildman–Crippen LogP) is 2.21. The summed E-state index contributed by atoms with van der Waals surface area (Å²) in [6.45, 7) is 3.94. The second-order valence-electron chi connectivity index (χ2n) is 5.33. The molecule has 0 saturated heterocycles. The van der Waals surface area contributed by atoms with E-state index in [9.17, 15) is 4.79 Å². The van der Waals surface area contributed by atoms with Crippen LogP contribution < -0.4 is 4.74 Å². The first-order valence-corrected chi connectivity index (χ1v) is 6.71. The largest absolute Gasteiger partial charge is 0.493 e. The molecular weight excluding hydrogens is 242 g/mol. The summed E-state index contributed by atoms with van der Waals surface area (Å²) in [4.78, 5) is 13.0. The Kier molecular flexibility index (Phi) is 4.43. The third kappa shape index (κ3) is 3.47. The van der Waals surface area contributed by atoms with Gasteiger partial charge in [-0.25, -0.2) is 0 Å². The topological polar surface area (TPSA) is 49.8 Å². The number of fused-ring (bicyclic) bond motifs is 1. The van der Waals surface area contributed by atoms with Gasteiger partial charge in [0.25, 0.3) is 0 Å². The third-order valence-electron chi connectivity index (χ3n) is 3.62. The molecule has 0 spiro atoms. The van der Waals surface area contributed by atoms with Crippen LogP contribution in [-0.4, -0.2) is 42.7 Å². The van der Waals surface area contributed by atoms with Gasteiger partial charge in [-0.1, -0.05) is 25.1 Å². The standard InChI is InChI=1S/C15H21NO3/c1-11(15(17)18)9-16(2)10-12-7-8-19-14-6-4-3-5-13(12)14/h3-6,11-12H,7-10H2,1-2H3,(H,17,18). The van der Waals surface area contributed by atoms with E-state index < -0.39 is 5.97 Å². The van der Waals surface area contributed by atoms with Gasteiger partial charge >= 0.3 is 5.97 Å². The minimum absolute atomic E-state index is 0.333. The van der Waals surface area contributed by atoms with Crippen molar-refractivity contribution in [2.24, 2.45) is 5.92 Å². The van der Waals surface area contributed by atoms with Crippen LogP contribution >= 0.6 is 0 Å². The number of carboxylic acid groups (broad SMARTS) is 1. The number of rotatable bonds is 5. The fourth-order valence-corrected chi connectivity index (χ4v) is 2.60. The van der Waals surface area contributed by atoms with Crippen LogP contribution in [0.25, 0.3) is 0 Å². The first-order valence-electron chi connectivity index (χ1n) is 6.71. The Labute approximate surface area is 114 Å². The molecule has 4 nitrogen and oxygen atoms in total. The van der Waals surface area contributed by atoms with E-state index in [0.29, 0.717) is 12.5 Å². The maximum Gasteiger partial charge on any atom is 0.307 e. The number of benzene rings is 1. The second-order valence-corrected chi connectivity index (χ2v) is 5.33. The first kappa shape index (κ1) is 13.9. The average molecular weight is 263 g/mol. The smallest absolute Gasteiger partial charge is 0.307 e. The molecule has 4 heteroatoms. The highest BCUT2D eigenvalue weighted by Crippen LogP contribution is 2.33. The maximum absolute atomic E-state index is 10.9. The molecule has 1 heterocycles. The van der Waals surface area contributed by atoms with E-state index in [-0.39, 0.29) is 5.92 Å². The van der Waals surface area contributed by atoms with Crippen LogP contribution in [0.4, 0.5) is 0 Å². The quantitative estimate of drug-likeness (QED) is 0.885. The summed E-state index contributed by atoms with van der Waals surface area (Å²) in [5, 5.41) is 8.95. The molecule has 0 aliphatic carbocycles. The van der Waals surface area contributed by atoms with Crippen LogP contribution in [0.2, 0.25) is 0 Å². The lowest BCUT2D eigenvalue weighted by molar-refractivity contribution is -0.141. The molecule has 1 aromatic carbocycles. The lowest BCUT2D eigenvalue weighted by atomic mass is 9.92. The van der Waals surface area contributed by atoms with Gasteiger partial charge in [-0.2, -0.15) is 0 Å². The summed E-state index contributed by atoms with van der Waals surface area (Å²) in [6.07, 6.45) is 0.989. The Morgan fingerprint density at radius 3 is 3.00 bits per heavy atom. The number of hydrogen-bond donors (Lipinski definition) is 1. The minimum Gasteiger partial charge on any atom is -0.493 e. The van der Waals surface area contributed by atoms with Gasteiger partial charge in [0.1, 0.15) is 5.75 Å². The number of hydrogen-bond acceptors (Lipinski definition) is 3. The van der Waals surface area contributed by atoms with Crippen molar-refractivity contribution in [3.05, 3.63) is 29.8 Å². The zero-order chi connectivity index (χ0) is 13.8. The van der Waals surface area contributed by atoms with Crippen molar-refractivity contribution in [2.75, 3.05) is 26.7 Å². The normalized spacial score (nSPS) is 19.6. The van der Waals surface area contributed by atoms with Crippen LogP contribution in [-0.2, 0) is 4.79 Å². The van der Waals surface area contributed by atoms with Gasteiger partial charge in [0.15, 0.2) is 0 Å². The number of likely N-dealkylation sites (N-methyl/N-ethyl adjacent to an activating group) is 1. The number of carbonyl (C=O) groups is 1. The fraction of sp³-hybridized carbons (Fsp3) is 0.533. The molecular formula is C15H21NO3. The van der Waals surface area contributed by atoms with E-state index in [2.05, 4.69) is 11.0 Å². The summed E-state index contributed by atoms with van der Waals surface area (Å²) in [7, 11) is 1.98. The van der Waals surface area contributed by atoms with Crippen molar-refractivity contribution < 1.29 is 14.6 Å². The van der Waals surface area contributed by atoms with Gasteiger partial charge in [-0.05, 0) is 25.1 Å². The zero-order valence-electron chi connectivity index (χ0n) is 11.5. The molecule has 1 aromatic rings. The Bertz CT molecular complexity index is 447. The molecule has 1 aliphatic rings. The van der Waals surface area contributed by atoms with Gasteiger partial charge in [0, 0.05) is 19.0 Å². The van der Waals surface area contributed by atoms with Crippen molar-refractivity contribution in [3.8, 4) is 5.75 Å². The summed E-state index contributed by atoms with van der Waals surface area (Å²) < 4.78 is 5.64. The molecule has 0 saturated carbocycles. The van der Waals surface area contributed by atoms with Crippen LogP contribution in [0.15, 0.2) is 24.3 Å². The van der Waals surface area contributed by atoms with E-state index >= 15 is 0 Å². The molecule has 0 bridgehead atoms. The van der Waals surface area contributed by atoms with E-state index in [1.54, 1.807) is 6.92 Å². The molecule has 2 unspecified atom stereocenters. The van der Waals surface area contributed by atoms with E-state index in [4.69, 9.17) is 9.84 Å². The highest BCUT2D eigenvalue weighted by atomic mass is 16.5. The van der Waals surface area contributed by atoms with Crippen LogP contribution in [0.5, 0.6) is 5.75 Å². The number of aliphatic carboxylic acids is 1. The third-order valence-corrected chi connectivity index (χ3v) is 3.62. The Morgan fingerprint density at radius 2 is 2.26 bits per heavy atom. The van der Waals surface area contributed by atoms with Gasteiger partial charge in [-0.3, -0.25) is 4.79 Å². The van der Waals surface area contributed by atoms with E-state index in [0.717, 1.165) is 25.3 Å². The lowest BCUT2D eigenvalue weighted by Gasteiger charge is -2.30. The fourth-order valence-electron chi connectivity index (χ4n) is 2.60. The van der Waals surface area contributed by atoms with Gasteiger partial charge in [0.05, 0.1) is 12.5 Å². The predicted molar refractivity (Wildman–Crippen MR) is 73.6 cm³/mol. The minimum atomic E-state index is -0.737. The Hall–Kier alpha value is -1.55.